The van der Waals surface area contributed by atoms with Gasteiger partial charge in [0.2, 0.25) is 21.8 Å². The van der Waals surface area contributed by atoms with Crippen molar-refractivity contribution in [1.29, 1.82) is 0 Å². The number of carbonyl (C=O) groups is 2. The molecule has 0 saturated heterocycles. The molecule has 1 atom stereocenters. The maximum atomic E-state index is 13.3. The first-order valence-electron chi connectivity index (χ1n) is 11.9. The van der Waals surface area contributed by atoms with Gasteiger partial charge in [-0.1, -0.05) is 25.1 Å². The fourth-order valence-corrected chi connectivity index (χ4v) is 4.63. The predicted molar refractivity (Wildman–Crippen MR) is 141 cm³/mol. The molecule has 2 rings (SSSR count). The van der Waals surface area contributed by atoms with E-state index in [1.165, 1.54) is 16.3 Å². The lowest BCUT2D eigenvalue weighted by Crippen LogP contribution is -2.47. The summed E-state index contributed by atoms with van der Waals surface area (Å²) in [5, 5.41) is 2.85. The molecule has 0 bridgehead atoms. The Morgan fingerprint density at radius 2 is 1.69 bits per heavy atom. The number of benzene rings is 2. The second kappa shape index (κ2) is 13.7. The minimum atomic E-state index is -3.58. The van der Waals surface area contributed by atoms with Crippen LogP contribution in [0.5, 0.6) is 11.5 Å². The lowest BCUT2D eigenvalue weighted by atomic mass is 10.1. The van der Waals surface area contributed by atoms with Crippen LogP contribution in [0, 0.1) is 0 Å². The van der Waals surface area contributed by atoms with Crippen LogP contribution in [0.3, 0.4) is 0 Å². The van der Waals surface area contributed by atoms with Crippen molar-refractivity contribution in [2.24, 2.45) is 0 Å². The second-order valence-corrected chi connectivity index (χ2v) is 10.4. The Hall–Kier alpha value is -3.27. The monoisotopic (exact) mass is 519 g/mol. The van der Waals surface area contributed by atoms with Gasteiger partial charge in [0.05, 0.1) is 26.2 Å². The molecule has 0 fully saturated rings. The molecule has 0 heterocycles. The van der Waals surface area contributed by atoms with Crippen molar-refractivity contribution in [2.45, 2.75) is 45.7 Å². The van der Waals surface area contributed by atoms with Gasteiger partial charge >= 0.3 is 0 Å². The highest BCUT2D eigenvalue weighted by Gasteiger charge is 2.26. The van der Waals surface area contributed by atoms with E-state index in [0.717, 1.165) is 18.2 Å². The molecular weight excluding hydrogens is 482 g/mol. The summed E-state index contributed by atoms with van der Waals surface area (Å²) in [6.07, 6.45) is 2.28. The van der Waals surface area contributed by atoms with E-state index in [-0.39, 0.29) is 37.7 Å². The molecule has 1 N–H and O–H groups in total. The Labute approximate surface area is 214 Å². The highest BCUT2D eigenvalue weighted by atomic mass is 32.2. The third-order valence-electron chi connectivity index (χ3n) is 5.72. The molecule has 0 spiro atoms. The number of carbonyl (C=O) groups excluding carboxylic acids is 2. The van der Waals surface area contributed by atoms with Crippen LogP contribution in [0.15, 0.2) is 48.5 Å². The van der Waals surface area contributed by atoms with Crippen molar-refractivity contribution >= 4 is 27.5 Å². The number of hydrogen-bond acceptors (Lipinski definition) is 6. The van der Waals surface area contributed by atoms with Crippen molar-refractivity contribution in [1.82, 2.24) is 10.2 Å². The summed E-state index contributed by atoms with van der Waals surface area (Å²) in [4.78, 5) is 27.5. The Morgan fingerprint density at radius 3 is 2.28 bits per heavy atom. The molecule has 198 valence electrons. The molecular formula is C26H37N3O6S. The molecule has 0 aromatic heterocycles. The van der Waals surface area contributed by atoms with E-state index < -0.39 is 16.1 Å². The van der Waals surface area contributed by atoms with Crippen LogP contribution in [-0.4, -0.2) is 64.7 Å². The lowest BCUT2D eigenvalue weighted by Gasteiger charge is -2.29. The number of methoxy groups -OCH3 is 2. The largest absolute Gasteiger partial charge is 0.497 e. The van der Waals surface area contributed by atoms with Gasteiger partial charge in [-0.3, -0.25) is 13.9 Å². The van der Waals surface area contributed by atoms with Crippen LogP contribution in [-0.2, 0) is 26.2 Å². The van der Waals surface area contributed by atoms with Gasteiger partial charge in [0.1, 0.15) is 17.5 Å². The van der Waals surface area contributed by atoms with E-state index in [0.29, 0.717) is 23.7 Å². The van der Waals surface area contributed by atoms with Crippen molar-refractivity contribution < 1.29 is 27.5 Å². The summed E-state index contributed by atoms with van der Waals surface area (Å²) in [5.74, 6) is 0.774. The van der Waals surface area contributed by atoms with Gasteiger partial charge in [0, 0.05) is 32.1 Å². The molecule has 0 radical (unpaired) electrons. The van der Waals surface area contributed by atoms with E-state index >= 15 is 0 Å². The molecule has 1 unspecified atom stereocenters. The van der Waals surface area contributed by atoms with Gasteiger partial charge in [-0.25, -0.2) is 8.42 Å². The summed E-state index contributed by atoms with van der Waals surface area (Å²) in [7, 11) is -0.488. The molecule has 0 aliphatic carbocycles. The van der Waals surface area contributed by atoms with Crippen molar-refractivity contribution in [3.05, 3.63) is 54.1 Å². The fraction of sp³-hybridized carbons (Fsp3) is 0.462. The zero-order valence-corrected chi connectivity index (χ0v) is 22.5. The topological polar surface area (TPSA) is 105 Å². The van der Waals surface area contributed by atoms with Crippen LogP contribution in [0.1, 0.15) is 38.7 Å². The van der Waals surface area contributed by atoms with Crippen LogP contribution in [0.25, 0.3) is 0 Å². The number of nitrogens with zero attached hydrogens (tertiary/aromatic N) is 2. The minimum absolute atomic E-state index is 0.0809. The first kappa shape index (κ1) is 29.0. The van der Waals surface area contributed by atoms with E-state index in [1.807, 2.05) is 19.1 Å². The quantitative estimate of drug-likeness (QED) is 0.411. The number of amides is 2. The minimum Gasteiger partial charge on any atom is -0.497 e. The van der Waals surface area contributed by atoms with Gasteiger partial charge in [0.15, 0.2) is 0 Å². The molecule has 0 aliphatic heterocycles. The summed E-state index contributed by atoms with van der Waals surface area (Å²) in [5.41, 5.74) is 1.32. The summed E-state index contributed by atoms with van der Waals surface area (Å²) < 4.78 is 36.6. The third kappa shape index (κ3) is 8.44. The molecule has 9 nitrogen and oxygen atoms in total. The van der Waals surface area contributed by atoms with Gasteiger partial charge in [-0.05, 0) is 49.6 Å². The first-order valence-corrected chi connectivity index (χ1v) is 13.8. The fourth-order valence-electron chi connectivity index (χ4n) is 3.68. The first-order chi connectivity index (χ1) is 17.1. The number of nitrogens with one attached hydrogen (secondary N) is 1. The molecule has 36 heavy (non-hydrogen) atoms. The predicted octanol–water partition coefficient (Wildman–Crippen LogP) is 3.19. The molecule has 2 aromatic rings. The van der Waals surface area contributed by atoms with E-state index in [2.05, 4.69) is 5.32 Å². The maximum absolute atomic E-state index is 13.3. The Morgan fingerprint density at radius 1 is 1.03 bits per heavy atom. The van der Waals surface area contributed by atoms with Gasteiger partial charge in [0.25, 0.3) is 0 Å². The number of rotatable bonds is 14. The van der Waals surface area contributed by atoms with Crippen LogP contribution < -0.4 is 19.1 Å². The van der Waals surface area contributed by atoms with E-state index in [4.69, 9.17) is 9.47 Å². The van der Waals surface area contributed by atoms with Crippen LogP contribution in [0.4, 0.5) is 5.69 Å². The SMILES string of the molecule is CCCNC(=O)C(C)N(Cc1ccc(OC)cc1)C(=O)CCCN(c1cccc(OC)c1)S(C)(=O)=O. The Bertz CT molecular complexity index is 1100. The number of sulfonamides is 1. The van der Waals surface area contributed by atoms with Crippen molar-refractivity contribution in [3.8, 4) is 11.5 Å². The van der Waals surface area contributed by atoms with Crippen molar-refractivity contribution in [3.63, 3.8) is 0 Å². The molecule has 0 aliphatic rings. The maximum Gasteiger partial charge on any atom is 0.242 e. The van der Waals surface area contributed by atoms with Gasteiger partial charge < -0.3 is 19.7 Å². The Kier molecular flexibility index (Phi) is 11.0. The smallest absolute Gasteiger partial charge is 0.242 e. The number of ether oxygens (including phenoxy) is 2. The van der Waals surface area contributed by atoms with Crippen LogP contribution in [0.2, 0.25) is 0 Å². The van der Waals surface area contributed by atoms with Gasteiger partial charge in [-0.15, -0.1) is 0 Å². The molecule has 0 saturated carbocycles. The summed E-state index contributed by atoms with van der Waals surface area (Å²) >= 11 is 0. The normalized spacial score (nSPS) is 11.9. The average molecular weight is 520 g/mol. The zero-order valence-electron chi connectivity index (χ0n) is 21.7. The molecule has 10 heteroatoms. The van der Waals surface area contributed by atoms with E-state index in [1.54, 1.807) is 50.4 Å². The standard InChI is InChI=1S/C26H37N3O6S/c1-6-16-27-26(31)20(2)28(19-21-12-14-23(34-3)15-13-21)25(30)11-8-17-29(36(5,32)33)22-9-7-10-24(18-22)35-4/h7,9-10,12-15,18,20H,6,8,11,16-17,19H2,1-5H3,(H,27,31). The average Bonchev–Trinajstić information content (AvgIpc) is 2.87. The summed E-state index contributed by atoms with van der Waals surface area (Å²) in [6, 6.07) is 13.4. The number of anilines is 1. The third-order valence-corrected chi connectivity index (χ3v) is 6.92. The molecule has 2 aromatic carbocycles. The highest BCUT2D eigenvalue weighted by Crippen LogP contribution is 2.24. The highest BCUT2D eigenvalue weighted by molar-refractivity contribution is 7.92. The molecule has 2 amide bonds. The van der Waals surface area contributed by atoms with Gasteiger partial charge in [-0.2, -0.15) is 0 Å². The second-order valence-electron chi connectivity index (χ2n) is 8.48. The number of hydrogen-bond donors (Lipinski definition) is 1. The van der Waals surface area contributed by atoms with Crippen LogP contribution >= 0.6 is 0 Å². The zero-order chi connectivity index (χ0) is 26.7. The Balaban J connectivity index is 2.16. The lowest BCUT2D eigenvalue weighted by molar-refractivity contribution is -0.140. The van der Waals surface area contributed by atoms with E-state index in [9.17, 15) is 18.0 Å². The van der Waals surface area contributed by atoms with Crippen molar-refractivity contribution in [2.75, 3.05) is 37.9 Å². The summed E-state index contributed by atoms with van der Waals surface area (Å²) in [6.45, 7) is 4.55.